The van der Waals surface area contributed by atoms with Crippen molar-refractivity contribution < 1.29 is 7.67 Å². The van der Waals surface area contributed by atoms with Crippen LogP contribution in [-0.2, 0) is 7.67 Å². The molecule has 3 heteroatoms. The van der Waals surface area contributed by atoms with Crippen LogP contribution >= 0.6 is 0 Å². The predicted molar refractivity (Wildman–Crippen MR) is 37.3 cm³/mol. The molecule has 9 heavy (non-hydrogen) atoms. The fourth-order valence-electron chi connectivity index (χ4n) is 0.724. The first-order valence-corrected chi connectivity index (χ1v) is 7.15. The summed E-state index contributed by atoms with van der Waals surface area (Å²) >= 11 is -3.37. The number of hydrogen-bond donors (Lipinski definition) is 0. The van der Waals surface area contributed by atoms with Gasteiger partial charge in [0.25, 0.3) is 0 Å². The summed E-state index contributed by atoms with van der Waals surface area (Å²) in [6.45, 7) is 3.80. The van der Waals surface area contributed by atoms with Crippen molar-refractivity contribution in [2.24, 2.45) is 0 Å². The van der Waals surface area contributed by atoms with Crippen molar-refractivity contribution in [3.63, 3.8) is 0 Å². The van der Waals surface area contributed by atoms with E-state index < -0.39 is 12.7 Å². The summed E-state index contributed by atoms with van der Waals surface area (Å²) < 4.78 is 21.8. The van der Waals surface area contributed by atoms with E-state index >= 15 is 0 Å². The van der Waals surface area contributed by atoms with Gasteiger partial charge in [-0.3, -0.25) is 0 Å². The monoisotopic (exact) mass is 198 g/mol. The van der Waals surface area contributed by atoms with E-state index in [1.807, 2.05) is 13.8 Å². The van der Waals surface area contributed by atoms with Gasteiger partial charge in [0.15, 0.2) is 0 Å². The van der Waals surface area contributed by atoms with Gasteiger partial charge in [-0.05, 0) is 0 Å². The Kier molecular flexibility index (Phi) is 4.07. The Morgan fingerprint density at radius 2 is 1.33 bits per heavy atom. The molecule has 0 rings (SSSR count). The third kappa shape index (κ3) is 4.61. The van der Waals surface area contributed by atoms with E-state index in [0.717, 1.165) is 12.8 Å². The van der Waals surface area contributed by atoms with E-state index in [1.165, 1.54) is 0 Å². The molecule has 0 N–H and O–H groups in total. The van der Waals surface area contributed by atoms with Gasteiger partial charge in [0.1, 0.15) is 0 Å². The predicted octanol–water partition coefficient (Wildman–Crippen LogP) is 2.11. The van der Waals surface area contributed by atoms with Gasteiger partial charge in [-0.15, -0.1) is 0 Å². The molecule has 0 aromatic carbocycles. The van der Waals surface area contributed by atoms with Gasteiger partial charge in [0.05, 0.1) is 0 Å². The third-order valence-corrected chi connectivity index (χ3v) is 5.35. The summed E-state index contributed by atoms with van der Waals surface area (Å²) in [4.78, 5) is 0. The molecule has 0 atom stereocenters. The molecule has 0 unspecified atom stereocenters. The Hall–Kier alpha value is 0.119. The molecule has 0 aliphatic heterocycles. The van der Waals surface area contributed by atoms with Gasteiger partial charge < -0.3 is 0 Å². The summed E-state index contributed by atoms with van der Waals surface area (Å²) in [6, 6.07) is 0. The molecular weight excluding hydrogens is 183 g/mol. The average molecular weight is 197 g/mol. The molecular formula is C6H14O2Se. The molecule has 56 valence electrons. The van der Waals surface area contributed by atoms with Gasteiger partial charge in [0, 0.05) is 0 Å². The van der Waals surface area contributed by atoms with E-state index in [1.54, 1.807) is 0 Å². The van der Waals surface area contributed by atoms with E-state index in [2.05, 4.69) is 0 Å². The maximum absolute atomic E-state index is 10.9. The zero-order chi connectivity index (χ0) is 7.33. The van der Waals surface area contributed by atoms with E-state index in [9.17, 15) is 7.67 Å². The van der Waals surface area contributed by atoms with Gasteiger partial charge in [-0.25, -0.2) is 0 Å². The average Bonchev–Trinajstić information content (AvgIpc) is 1.64. The Labute approximate surface area is 58.3 Å². The zero-order valence-electron chi connectivity index (χ0n) is 6.05. The third-order valence-electron chi connectivity index (χ3n) is 1.03. The van der Waals surface area contributed by atoms with Crippen LogP contribution in [0.15, 0.2) is 0 Å². The van der Waals surface area contributed by atoms with E-state index in [0.29, 0.717) is 10.6 Å². The quantitative estimate of drug-likeness (QED) is 0.647. The van der Waals surface area contributed by atoms with Crippen LogP contribution in [0.25, 0.3) is 0 Å². The first kappa shape index (κ1) is 9.12. The van der Waals surface area contributed by atoms with Crippen molar-refractivity contribution in [3.8, 4) is 0 Å². The Morgan fingerprint density at radius 3 is 1.56 bits per heavy atom. The van der Waals surface area contributed by atoms with E-state index in [4.69, 9.17) is 0 Å². The second-order valence-corrected chi connectivity index (χ2v) is 6.99. The molecule has 0 bridgehead atoms. The van der Waals surface area contributed by atoms with Crippen molar-refractivity contribution in [2.75, 3.05) is 0 Å². The van der Waals surface area contributed by atoms with Crippen LogP contribution in [0, 0.1) is 0 Å². The molecule has 0 saturated carbocycles. The SMILES string of the molecule is CCC[Se](=O)(=O)CCC. The van der Waals surface area contributed by atoms with Gasteiger partial charge in [-0.2, -0.15) is 0 Å². The topological polar surface area (TPSA) is 34.1 Å². The van der Waals surface area contributed by atoms with Gasteiger partial charge in [-0.1, -0.05) is 0 Å². The first-order chi connectivity index (χ1) is 4.12. The minimum absolute atomic E-state index is 0.421. The van der Waals surface area contributed by atoms with Crippen LogP contribution in [0.1, 0.15) is 26.7 Å². The summed E-state index contributed by atoms with van der Waals surface area (Å²) in [6.07, 6.45) is 1.54. The summed E-state index contributed by atoms with van der Waals surface area (Å²) in [5, 5.41) is 0.842. The van der Waals surface area contributed by atoms with Gasteiger partial charge >= 0.3 is 57.7 Å². The minimum atomic E-state index is -3.37. The second-order valence-electron chi connectivity index (χ2n) is 2.15. The molecule has 0 saturated heterocycles. The van der Waals surface area contributed by atoms with Crippen LogP contribution in [0.5, 0.6) is 0 Å². The van der Waals surface area contributed by atoms with Crippen molar-refractivity contribution in [2.45, 2.75) is 37.3 Å². The van der Waals surface area contributed by atoms with Crippen molar-refractivity contribution in [3.05, 3.63) is 0 Å². The molecule has 0 aromatic rings. The molecule has 0 aliphatic rings. The summed E-state index contributed by atoms with van der Waals surface area (Å²) in [5.41, 5.74) is 0. The number of rotatable bonds is 4. The Bertz CT molecular complexity index is 134. The van der Waals surface area contributed by atoms with Crippen molar-refractivity contribution in [1.29, 1.82) is 0 Å². The first-order valence-electron chi connectivity index (χ1n) is 3.32. The zero-order valence-corrected chi connectivity index (χ0v) is 7.77. The molecule has 0 heterocycles. The van der Waals surface area contributed by atoms with Crippen LogP contribution in [0.4, 0.5) is 0 Å². The molecule has 0 amide bonds. The van der Waals surface area contributed by atoms with Crippen LogP contribution < -0.4 is 0 Å². The Balaban J connectivity index is 3.73. The number of hydrogen-bond acceptors (Lipinski definition) is 2. The molecule has 0 fully saturated rings. The normalized spacial score (nSPS) is 11.8. The van der Waals surface area contributed by atoms with Crippen molar-refractivity contribution >= 4 is 12.7 Å². The molecule has 0 radical (unpaired) electrons. The van der Waals surface area contributed by atoms with Crippen LogP contribution in [0.2, 0.25) is 10.6 Å². The van der Waals surface area contributed by atoms with Crippen LogP contribution in [-0.4, -0.2) is 12.7 Å². The summed E-state index contributed by atoms with van der Waals surface area (Å²) in [5.74, 6) is 0. The second kappa shape index (κ2) is 4.02. The van der Waals surface area contributed by atoms with Crippen LogP contribution in [0.3, 0.4) is 0 Å². The van der Waals surface area contributed by atoms with Crippen molar-refractivity contribution in [1.82, 2.24) is 0 Å². The molecule has 2 nitrogen and oxygen atoms in total. The van der Waals surface area contributed by atoms with E-state index in [-0.39, 0.29) is 0 Å². The maximum atomic E-state index is 10.9. The Morgan fingerprint density at radius 1 is 1.00 bits per heavy atom. The van der Waals surface area contributed by atoms with Gasteiger partial charge in [0.2, 0.25) is 0 Å². The standard InChI is InChI=1S/C6H14O2Se/c1-3-5-9(7,8)6-4-2/h3-6H2,1-2H3. The molecule has 0 aliphatic carbocycles. The fraction of sp³-hybridized carbons (Fsp3) is 1.00. The molecule has 0 aromatic heterocycles. The fourth-order valence-corrected chi connectivity index (χ4v) is 3.76. The summed E-state index contributed by atoms with van der Waals surface area (Å²) in [7, 11) is 0. The molecule has 0 spiro atoms.